The molecular weight excluding hydrogens is 186 g/mol. The largest absolute Gasteiger partial charge is 0.382 e. The Morgan fingerprint density at radius 3 is 2.47 bits per heavy atom. The first-order chi connectivity index (χ1) is 7.00. The molecule has 15 heavy (non-hydrogen) atoms. The van der Waals surface area contributed by atoms with E-state index in [1.165, 1.54) is 12.1 Å². The Balaban J connectivity index is 2.53. The molecule has 0 atom stereocenters. The lowest BCUT2D eigenvalue weighted by molar-refractivity contribution is 0.529. The Morgan fingerprint density at radius 2 is 2.00 bits per heavy atom. The molecule has 0 radical (unpaired) electrons. The molecule has 1 N–H and O–H groups in total. The van der Waals surface area contributed by atoms with Crippen LogP contribution >= 0.6 is 0 Å². The summed E-state index contributed by atoms with van der Waals surface area (Å²) in [4.78, 5) is 0. The Morgan fingerprint density at radius 1 is 1.33 bits per heavy atom. The molecule has 0 spiro atoms. The average Bonchev–Trinajstić information content (AvgIpc) is 2.47. The number of anilines is 1. The zero-order chi connectivity index (χ0) is 11.4. The highest BCUT2D eigenvalue weighted by Gasteiger charge is 2.06. The van der Waals surface area contributed by atoms with Crippen LogP contribution in [0.4, 0.5) is 5.69 Å². The van der Waals surface area contributed by atoms with Gasteiger partial charge >= 0.3 is 0 Å². The molecular formula is C12H23N3. The SMILES string of the molecule is Cc1nn(C(C)C)cc1NCCC(C)C. The van der Waals surface area contributed by atoms with Crippen LogP contribution in [0.5, 0.6) is 0 Å². The van der Waals surface area contributed by atoms with Crippen molar-refractivity contribution in [3.8, 4) is 0 Å². The van der Waals surface area contributed by atoms with Gasteiger partial charge in [0.15, 0.2) is 0 Å². The van der Waals surface area contributed by atoms with Crippen LogP contribution < -0.4 is 5.32 Å². The van der Waals surface area contributed by atoms with Crippen LogP contribution in [0.1, 0.15) is 45.9 Å². The van der Waals surface area contributed by atoms with E-state index in [9.17, 15) is 0 Å². The van der Waals surface area contributed by atoms with Crippen LogP contribution in [0.3, 0.4) is 0 Å². The van der Waals surface area contributed by atoms with E-state index in [4.69, 9.17) is 0 Å². The van der Waals surface area contributed by atoms with Gasteiger partial charge in [-0.3, -0.25) is 4.68 Å². The molecule has 0 fully saturated rings. The van der Waals surface area contributed by atoms with E-state index in [2.05, 4.69) is 51.2 Å². The van der Waals surface area contributed by atoms with Crippen molar-refractivity contribution >= 4 is 5.69 Å². The van der Waals surface area contributed by atoms with Crippen molar-refractivity contribution in [3.63, 3.8) is 0 Å². The van der Waals surface area contributed by atoms with Crippen molar-refractivity contribution in [1.29, 1.82) is 0 Å². The maximum Gasteiger partial charge on any atom is 0.0825 e. The van der Waals surface area contributed by atoms with E-state index in [1.54, 1.807) is 0 Å². The minimum absolute atomic E-state index is 0.435. The summed E-state index contributed by atoms with van der Waals surface area (Å²) in [6.07, 6.45) is 3.30. The molecule has 0 amide bonds. The van der Waals surface area contributed by atoms with Crippen LogP contribution in [-0.4, -0.2) is 16.3 Å². The number of nitrogens with one attached hydrogen (secondary N) is 1. The highest BCUT2D eigenvalue weighted by molar-refractivity contribution is 5.45. The molecule has 0 bridgehead atoms. The second-order valence-electron chi connectivity index (χ2n) is 4.81. The van der Waals surface area contributed by atoms with E-state index in [-0.39, 0.29) is 0 Å². The maximum absolute atomic E-state index is 4.46. The van der Waals surface area contributed by atoms with Gasteiger partial charge < -0.3 is 5.32 Å². The third kappa shape index (κ3) is 3.57. The molecule has 1 heterocycles. The molecule has 1 aromatic heterocycles. The summed E-state index contributed by atoms with van der Waals surface area (Å²) in [5.74, 6) is 0.748. The Kier molecular flexibility index (Phi) is 4.18. The zero-order valence-corrected chi connectivity index (χ0v) is 10.5. The lowest BCUT2D eigenvalue weighted by atomic mass is 10.1. The summed E-state index contributed by atoms with van der Waals surface area (Å²) in [5.41, 5.74) is 2.26. The molecule has 0 saturated carbocycles. The molecule has 0 aliphatic rings. The molecule has 0 aliphatic carbocycles. The Labute approximate surface area is 92.9 Å². The maximum atomic E-state index is 4.46. The fourth-order valence-electron chi connectivity index (χ4n) is 1.42. The van der Waals surface area contributed by atoms with Crippen molar-refractivity contribution in [2.24, 2.45) is 5.92 Å². The molecule has 0 saturated heterocycles. The average molecular weight is 209 g/mol. The Hall–Kier alpha value is -0.990. The van der Waals surface area contributed by atoms with Crippen molar-refractivity contribution in [1.82, 2.24) is 9.78 Å². The van der Waals surface area contributed by atoms with Crippen LogP contribution in [0.2, 0.25) is 0 Å². The van der Waals surface area contributed by atoms with Gasteiger partial charge in [0.25, 0.3) is 0 Å². The predicted octanol–water partition coefficient (Wildman–Crippen LogP) is 3.23. The molecule has 0 unspecified atom stereocenters. The molecule has 86 valence electrons. The predicted molar refractivity (Wildman–Crippen MR) is 65.3 cm³/mol. The van der Waals surface area contributed by atoms with Gasteiger partial charge in [0.05, 0.1) is 11.4 Å². The monoisotopic (exact) mass is 209 g/mol. The lowest BCUT2D eigenvalue weighted by Crippen LogP contribution is -2.05. The summed E-state index contributed by atoms with van der Waals surface area (Å²) >= 11 is 0. The van der Waals surface area contributed by atoms with Crippen molar-refractivity contribution in [3.05, 3.63) is 11.9 Å². The number of hydrogen-bond acceptors (Lipinski definition) is 2. The van der Waals surface area contributed by atoms with Gasteiger partial charge in [-0.15, -0.1) is 0 Å². The summed E-state index contributed by atoms with van der Waals surface area (Å²) in [5, 5.41) is 7.90. The first kappa shape index (κ1) is 12.1. The molecule has 3 heteroatoms. The number of aryl methyl sites for hydroxylation is 1. The lowest BCUT2D eigenvalue weighted by Gasteiger charge is -2.06. The summed E-state index contributed by atoms with van der Waals surface area (Å²) in [7, 11) is 0. The van der Waals surface area contributed by atoms with E-state index < -0.39 is 0 Å². The topological polar surface area (TPSA) is 29.9 Å². The molecule has 3 nitrogen and oxygen atoms in total. The first-order valence-corrected chi connectivity index (χ1v) is 5.80. The molecule has 0 aromatic carbocycles. The third-order valence-electron chi connectivity index (χ3n) is 2.48. The highest BCUT2D eigenvalue weighted by atomic mass is 15.3. The molecule has 1 rings (SSSR count). The second kappa shape index (κ2) is 5.19. The standard InChI is InChI=1S/C12H23N3/c1-9(2)6-7-13-12-8-15(10(3)4)14-11(12)5/h8-10,13H,6-7H2,1-5H3. The number of rotatable bonds is 5. The normalized spacial score (nSPS) is 11.4. The van der Waals surface area contributed by atoms with Crippen LogP contribution in [0.15, 0.2) is 6.20 Å². The van der Waals surface area contributed by atoms with Gasteiger partial charge in [0.1, 0.15) is 0 Å². The van der Waals surface area contributed by atoms with Crippen LogP contribution in [-0.2, 0) is 0 Å². The summed E-state index contributed by atoms with van der Waals surface area (Å²) in [6.45, 7) is 11.9. The molecule has 0 aliphatic heterocycles. The minimum atomic E-state index is 0.435. The number of aromatic nitrogens is 2. The summed E-state index contributed by atoms with van der Waals surface area (Å²) in [6, 6.07) is 0.435. The summed E-state index contributed by atoms with van der Waals surface area (Å²) < 4.78 is 2.01. The third-order valence-corrected chi connectivity index (χ3v) is 2.48. The van der Waals surface area contributed by atoms with E-state index in [0.717, 1.165) is 18.2 Å². The zero-order valence-electron chi connectivity index (χ0n) is 10.5. The van der Waals surface area contributed by atoms with Gasteiger partial charge in [-0.05, 0) is 33.1 Å². The highest BCUT2D eigenvalue weighted by Crippen LogP contribution is 2.15. The molecule has 1 aromatic rings. The minimum Gasteiger partial charge on any atom is -0.382 e. The van der Waals surface area contributed by atoms with Gasteiger partial charge in [-0.2, -0.15) is 5.10 Å². The van der Waals surface area contributed by atoms with Gasteiger partial charge in [-0.25, -0.2) is 0 Å². The smallest absolute Gasteiger partial charge is 0.0825 e. The fraction of sp³-hybridized carbons (Fsp3) is 0.750. The van der Waals surface area contributed by atoms with Crippen LogP contribution in [0, 0.1) is 12.8 Å². The van der Waals surface area contributed by atoms with Crippen molar-refractivity contribution in [2.75, 3.05) is 11.9 Å². The Bertz CT molecular complexity index is 300. The second-order valence-corrected chi connectivity index (χ2v) is 4.81. The first-order valence-electron chi connectivity index (χ1n) is 5.80. The van der Waals surface area contributed by atoms with Gasteiger partial charge in [0, 0.05) is 18.8 Å². The quantitative estimate of drug-likeness (QED) is 0.807. The van der Waals surface area contributed by atoms with E-state index in [1.807, 2.05) is 4.68 Å². The van der Waals surface area contributed by atoms with E-state index in [0.29, 0.717) is 6.04 Å². The number of nitrogens with zero attached hydrogens (tertiary/aromatic N) is 2. The van der Waals surface area contributed by atoms with Crippen molar-refractivity contribution in [2.45, 2.75) is 47.1 Å². The fourth-order valence-corrected chi connectivity index (χ4v) is 1.42. The van der Waals surface area contributed by atoms with Crippen LogP contribution in [0.25, 0.3) is 0 Å². The van der Waals surface area contributed by atoms with Gasteiger partial charge in [-0.1, -0.05) is 13.8 Å². The number of hydrogen-bond donors (Lipinski definition) is 1. The van der Waals surface area contributed by atoms with Gasteiger partial charge in [0.2, 0.25) is 0 Å². The van der Waals surface area contributed by atoms with Crippen molar-refractivity contribution < 1.29 is 0 Å². The van der Waals surface area contributed by atoms with E-state index >= 15 is 0 Å².